The van der Waals surface area contributed by atoms with Crippen molar-refractivity contribution in [1.82, 2.24) is 14.8 Å². The molecule has 0 radical (unpaired) electrons. The lowest BCUT2D eigenvalue weighted by atomic mass is 9.92. The van der Waals surface area contributed by atoms with Crippen molar-refractivity contribution in [3.63, 3.8) is 0 Å². The maximum absolute atomic E-state index is 13.3. The first-order valence-electron chi connectivity index (χ1n) is 12.1. The van der Waals surface area contributed by atoms with Crippen LogP contribution in [0.25, 0.3) is 0 Å². The Kier molecular flexibility index (Phi) is 6.03. The molecular formula is C28H36N6O. The first-order valence-corrected chi connectivity index (χ1v) is 12.1. The van der Waals surface area contributed by atoms with Gasteiger partial charge in [-0.05, 0) is 56.2 Å². The van der Waals surface area contributed by atoms with Gasteiger partial charge in [0.05, 0.1) is 11.8 Å². The second-order valence-corrected chi connectivity index (χ2v) is 9.85. The summed E-state index contributed by atoms with van der Waals surface area (Å²) in [5, 5.41) is 11.9. The van der Waals surface area contributed by atoms with E-state index in [0.717, 1.165) is 35.6 Å². The molecule has 1 fully saturated rings. The Morgan fingerprint density at radius 3 is 2.66 bits per heavy atom. The number of rotatable bonds is 5. The Morgan fingerprint density at radius 2 is 1.94 bits per heavy atom. The summed E-state index contributed by atoms with van der Waals surface area (Å²) in [7, 11) is 0. The molecule has 2 amide bonds. The van der Waals surface area contributed by atoms with Crippen LogP contribution in [0.1, 0.15) is 50.6 Å². The van der Waals surface area contributed by atoms with Crippen molar-refractivity contribution in [1.29, 1.82) is 5.41 Å². The lowest BCUT2D eigenvalue weighted by Gasteiger charge is -2.37. The number of anilines is 2. The number of carbonyl (C=O) groups is 1. The summed E-state index contributed by atoms with van der Waals surface area (Å²) in [5.74, 6) is 0.234. The number of benzene rings is 2. The highest BCUT2D eigenvalue weighted by molar-refractivity contribution is 6.14. The summed E-state index contributed by atoms with van der Waals surface area (Å²) < 4.78 is 0. The van der Waals surface area contributed by atoms with Crippen molar-refractivity contribution in [3.8, 4) is 0 Å². The molecule has 2 atom stereocenters. The van der Waals surface area contributed by atoms with Crippen LogP contribution in [0.4, 0.5) is 16.2 Å². The summed E-state index contributed by atoms with van der Waals surface area (Å²) in [6.07, 6.45) is 1.71. The Bertz CT molecular complexity index is 1280. The predicted molar refractivity (Wildman–Crippen MR) is 144 cm³/mol. The number of aromatic nitrogens is 1. The molecule has 0 saturated carbocycles. The van der Waals surface area contributed by atoms with E-state index in [2.05, 4.69) is 53.3 Å². The minimum absolute atomic E-state index is 0. The number of nitrogen functional groups attached to an aromatic ring is 1. The SMILES string of the molecule is Cc1cc(C(=N)c2cc3c(cc2N)NC(=O)N([C@@H]2CN(C(C)C)C[C@H]2c2ccccc2)C3)ccn1.[HH].[HH]. The number of fused-ring (bicyclic) bond motifs is 1. The third kappa shape index (κ3) is 4.39. The maximum Gasteiger partial charge on any atom is 0.322 e. The van der Waals surface area contributed by atoms with E-state index in [4.69, 9.17) is 11.1 Å². The van der Waals surface area contributed by atoms with Gasteiger partial charge in [0.25, 0.3) is 0 Å². The summed E-state index contributed by atoms with van der Waals surface area (Å²) in [5.41, 5.74) is 12.4. The average molecular weight is 473 g/mol. The first kappa shape index (κ1) is 23.1. The Hall–Kier alpha value is -3.71. The summed E-state index contributed by atoms with van der Waals surface area (Å²) in [6, 6.07) is 18.3. The number of hydrogen-bond acceptors (Lipinski definition) is 5. The molecule has 0 bridgehead atoms. The first-order chi connectivity index (χ1) is 16.8. The Morgan fingerprint density at radius 1 is 1.17 bits per heavy atom. The average Bonchev–Trinajstić information content (AvgIpc) is 3.29. The van der Waals surface area contributed by atoms with Gasteiger partial charge in [0.2, 0.25) is 0 Å². The maximum atomic E-state index is 13.3. The normalized spacial score (nSPS) is 20.1. The Labute approximate surface area is 209 Å². The van der Waals surface area contributed by atoms with Crippen LogP contribution < -0.4 is 11.1 Å². The fraction of sp³-hybridized carbons (Fsp3) is 0.321. The van der Waals surface area contributed by atoms with Gasteiger partial charge in [-0.15, -0.1) is 0 Å². The van der Waals surface area contributed by atoms with E-state index >= 15 is 0 Å². The van der Waals surface area contributed by atoms with E-state index in [1.54, 1.807) is 12.3 Å². The number of likely N-dealkylation sites (tertiary alicyclic amines) is 1. The summed E-state index contributed by atoms with van der Waals surface area (Å²) >= 11 is 0. The van der Waals surface area contributed by atoms with Crippen LogP contribution in [0.5, 0.6) is 0 Å². The van der Waals surface area contributed by atoms with E-state index in [0.29, 0.717) is 29.5 Å². The zero-order valence-corrected chi connectivity index (χ0v) is 20.5. The van der Waals surface area contributed by atoms with Crippen LogP contribution in [0.3, 0.4) is 0 Å². The van der Waals surface area contributed by atoms with Gasteiger partial charge in [0.15, 0.2) is 0 Å². The lowest BCUT2D eigenvalue weighted by Crippen LogP contribution is -2.48. The molecule has 0 spiro atoms. The highest BCUT2D eigenvalue weighted by atomic mass is 16.2. The summed E-state index contributed by atoms with van der Waals surface area (Å²) in [4.78, 5) is 21.9. The van der Waals surface area contributed by atoms with Crippen LogP contribution in [0.15, 0.2) is 60.8 Å². The summed E-state index contributed by atoms with van der Waals surface area (Å²) in [6.45, 7) is 8.55. The highest BCUT2D eigenvalue weighted by Gasteiger charge is 2.41. The molecule has 7 heteroatoms. The smallest absolute Gasteiger partial charge is 0.322 e. The second kappa shape index (κ2) is 9.15. The standard InChI is InChI=1S/C28H32N6O.2H2/c1-17(2)33-15-23(19-7-5-4-6-8-19)26(16-33)34-14-21-12-22(24(29)13-25(21)32-28(34)35)27(30)20-9-10-31-18(3)11-20;;/h4-13,17,23,26,30H,14-16,29H2,1-3H3,(H,32,35);2*1H/t23-,26+;;/m0../s1. The van der Waals surface area contributed by atoms with Crippen molar-refractivity contribution < 1.29 is 7.65 Å². The minimum atomic E-state index is -0.0963. The van der Waals surface area contributed by atoms with Gasteiger partial charge in [0.1, 0.15) is 0 Å². The molecule has 2 aliphatic heterocycles. The number of carbonyl (C=O) groups excluding carboxylic acids is 1. The number of pyridine rings is 1. The molecule has 3 aromatic rings. The molecule has 184 valence electrons. The van der Waals surface area contributed by atoms with Gasteiger partial charge in [-0.2, -0.15) is 0 Å². The van der Waals surface area contributed by atoms with Crippen LogP contribution in [0, 0.1) is 12.3 Å². The highest BCUT2D eigenvalue weighted by Crippen LogP contribution is 2.37. The van der Waals surface area contributed by atoms with Gasteiger partial charge in [-0.25, -0.2) is 4.79 Å². The van der Waals surface area contributed by atoms with Gasteiger partial charge in [0, 0.05) is 68.8 Å². The van der Waals surface area contributed by atoms with Crippen LogP contribution in [-0.2, 0) is 6.54 Å². The van der Waals surface area contributed by atoms with Crippen molar-refractivity contribution in [2.45, 2.75) is 45.3 Å². The zero-order chi connectivity index (χ0) is 24.7. The van der Waals surface area contributed by atoms with E-state index in [9.17, 15) is 4.79 Å². The number of aryl methyl sites for hydroxylation is 1. The molecule has 4 N–H and O–H groups in total. The largest absolute Gasteiger partial charge is 0.398 e. The van der Waals surface area contributed by atoms with E-state index < -0.39 is 0 Å². The molecule has 3 heterocycles. The number of urea groups is 1. The molecule has 2 aliphatic rings. The van der Waals surface area contributed by atoms with E-state index in [-0.39, 0.29) is 20.8 Å². The molecule has 35 heavy (non-hydrogen) atoms. The fourth-order valence-corrected chi connectivity index (χ4v) is 5.27. The van der Waals surface area contributed by atoms with Gasteiger partial charge < -0.3 is 16.0 Å². The number of nitrogens with zero attached hydrogens (tertiary/aromatic N) is 3. The van der Waals surface area contributed by atoms with E-state index in [1.807, 2.05) is 36.1 Å². The second-order valence-electron chi connectivity index (χ2n) is 9.85. The number of nitrogens with one attached hydrogen (secondary N) is 2. The molecule has 0 aliphatic carbocycles. The van der Waals surface area contributed by atoms with Gasteiger partial charge >= 0.3 is 6.03 Å². The van der Waals surface area contributed by atoms with Crippen molar-refractivity contribution in [3.05, 3.63) is 88.7 Å². The van der Waals surface area contributed by atoms with E-state index in [1.165, 1.54) is 5.56 Å². The molecule has 5 rings (SSSR count). The minimum Gasteiger partial charge on any atom is -0.398 e. The quantitative estimate of drug-likeness (QED) is 0.355. The lowest BCUT2D eigenvalue weighted by molar-refractivity contribution is 0.171. The third-order valence-corrected chi connectivity index (χ3v) is 7.25. The van der Waals surface area contributed by atoms with Crippen molar-refractivity contribution in [2.75, 3.05) is 24.1 Å². The Balaban J connectivity index is 0.00000190. The molecule has 1 aromatic heterocycles. The molecule has 1 saturated heterocycles. The predicted octanol–water partition coefficient (Wildman–Crippen LogP) is 5.10. The number of hydrogen-bond donors (Lipinski definition) is 3. The number of amides is 2. The monoisotopic (exact) mass is 472 g/mol. The van der Waals surface area contributed by atoms with Gasteiger partial charge in [-0.3, -0.25) is 15.3 Å². The van der Waals surface area contributed by atoms with Crippen LogP contribution in [-0.4, -0.2) is 51.7 Å². The molecular weight excluding hydrogens is 436 g/mol. The fourth-order valence-electron chi connectivity index (χ4n) is 5.27. The third-order valence-electron chi connectivity index (χ3n) is 7.25. The van der Waals surface area contributed by atoms with Crippen molar-refractivity contribution >= 4 is 23.1 Å². The topological polar surface area (TPSA) is 98.3 Å². The number of nitrogens with two attached hydrogens (primary N) is 1. The van der Waals surface area contributed by atoms with Crippen LogP contribution >= 0.6 is 0 Å². The van der Waals surface area contributed by atoms with Crippen LogP contribution in [0.2, 0.25) is 0 Å². The van der Waals surface area contributed by atoms with Crippen molar-refractivity contribution in [2.24, 2.45) is 0 Å². The molecule has 2 aromatic carbocycles. The molecule has 7 nitrogen and oxygen atoms in total. The zero-order valence-electron chi connectivity index (χ0n) is 20.5. The van der Waals surface area contributed by atoms with Gasteiger partial charge in [-0.1, -0.05) is 30.3 Å². The molecule has 0 unspecified atom stereocenters.